The van der Waals surface area contributed by atoms with E-state index in [1.165, 1.54) is 0 Å². The molecule has 0 aliphatic heterocycles. The lowest BCUT2D eigenvalue weighted by molar-refractivity contribution is -0.131. The van der Waals surface area contributed by atoms with Crippen molar-refractivity contribution in [3.63, 3.8) is 0 Å². The van der Waals surface area contributed by atoms with E-state index in [1.54, 1.807) is 0 Å². The first-order chi connectivity index (χ1) is 3.85. The molecule has 0 radical (unpaired) electrons. The highest BCUT2D eigenvalue weighted by molar-refractivity contribution is 5.73. The van der Waals surface area contributed by atoms with Crippen LogP contribution in [0, 0.1) is 0 Å². The summed E-state index contributed by atoms with van der Waals surface area (Å²) < 4.78 is 0. The summed E-state index contributed by atoms with van der Waals surface area (Å²) in [6.45, 7) is -0.160. The van der Waals surface area contributed by atoms with Crippen LogP contribution in [0.5, 0.6) is 0 Å². The van der Waals surface area contributed by atoms with E-state index in [4.69, 9.17) is 0 Å². The summed E-state index contributed by atoms with van der Waals surface area (Å²) in [6.07, 6.45) is 1.06. The number of carbonyl (C=O) groups excluding carboxylic acids is 3. The molecule has 0 aromatic carbocycles. The third-order valence-corrected chi connectivity index (χ3v) is 0.556. The van der Waals surface area contributed by atoms with E-state index in [0.717, 1.165) is 0 Å². The van der Waals surface area contributed by atoms with Gasteiger partial charge in [-0.2, -0.15) is 0 Å². The molecule has 44 valence electrons. The lowest BCUT2D eigenvalue weighted by Gasteiger charge is -1.98. The molecule has 0 bridgehead atoms. The summed E-state index contributed by atoms with van der Waals surface area (Å²) in [4.78, 5) is 29.6. The van der Waals surface area contributed by atoms with Crippen LogP contribution in [0.1, 0.15) is 0 Å². The second kappa shape index (κ2) is 3.98. The van der Waals surface area contributed by atoms with Crippen molar-refractivity contribution in [3.8, 4) is 0 Å². The minimum Gasteiger partial charge on any atom is -0.301 e. The summed E-state index contributed by atoms with van der Waals surface area (Å²) >= 11 is 0. The van der Waals surface area contributed by atoms with Crippen LogP contribution in [0.3, 0.4) is 0 Å². The molecular weight excluding hydrogens is 110 g/mol. The van der Waals surface area contributed by atoms with Gasteiger partial charge in [-0.25, -0.2) is 0 Å². The number of rotatable bonds is 4. The Balaban J connectivity index is 3.50. The van der Waals surface area contributed by atoms with Crippen molar-refractivity contribution in [1.29, 1.82) is 0 Å². The van der Waals surface area contributed by atoms with E-state index in [2.05, 4.69) is 0 Å². The first-order valence-electron chi connectivity index (χ1n) is 1.95. The van der Waals surface area contributed by atoms with E-state index < -0.39 is 0 Å². The molecule has 0 unspecified atom stereocenters. The van der Waals surface area contributed by atoms with E-state index in [0.29, 0.717) is 24.0 Å². The zero-order valence-electron chi connectivity index (χ0n) is 4.11. The van der Waals surface area contributed by atoms with Crippen molar-refractivity contribution in [2.75, 3.05) is 6.54 Å². The van der Waals surface area contributed by atoms with Gasteiger partial charge in [0.1, 0.15) is 6.29 Å². The smallest absolute Gasteiger partial charge is 0.216 e. The van der Waals surface area contributed by atoms with Gasteiger partial charge in [-0.1, -0.05) is 0 Å². The molecule has 0 N–H and O–H groups in total. The Hall–Kier alpha value is -1.19. The third kappa shape index (κ3) is 2.07. The molecule has 0 rings (SSSR count). The Morgan fingerprint density at radius 3 is 1.75 bits per heavy atom. The molecular formula is C4H5NO3. The standard InChI is InChI=1S/C4H5NO3/c6-2-1-5(3-7)4-8/h2-4H,1H2. The quantitative estimate of drug-likeness (QED) is 0.432. The van der Waals surface area contributed by atoms with Gasteiger partial charge in [-0.05, 0) is 0 Å². The normalized spacial score (nSPS) is 7.50. The van der Waals surface area contributed by atoms with Crippen molar-refractivity contribution in [1.82, 2.24) is 4.90 Å². The molecule has 0 aromatic heterocycles. The molecule has 0 aliphatic carbocycles. The molecule has 4 heteroatoms. The molecule has 0 saturated heterocycles. The molecule has 0 atom stereocenters. The molecule has 0 aliphatic rings. The van der Waals surface area contributed by atoms with Crippen LogP contribution >= 0.6 is 0 Å². The largest absolute Gasteiger partial charge is 0.301 e. The maximum absolute atomic E-state index is 9.66. The fourth-order valence-corrected chi connectivity index (χ4v) is 0.197. The van der Waals surface area contributed by atoms with Crippen molar-refractivity contribution >= 4 is 19.1 Å². The lowest BCUT2D eigenvalue weighted by atomic mass is 10.7. The molecule has 0 aromatic rings. The SMILES string of the molecule is O=CCN(C=O)C=O. The van der Waals surface area contributed by atoms with Gasteiger partial charge >= 0.3 is 0 Å². The van der Waals surface area contributed by atoms with Gasteiger partial charge < -0.3 is 4.79 Å². The van der Waals surface area contributed by atoms with Crippen molar-refractivity contribution in [3.05, 3.63) is 0 Å². The van der Waals surface area contributed by atoms with Crippen LogP contribution in [-0.4, -0.2) is 30.6 Å². The van der Waals surface area contributed by atoms with Crippen LogP contribution in [0.2, 0.25) is 0 Å². The fraction of sp³-hybridized carbons (Fsp3) is 0.250. The summed E-state index contributed by atoms with van der Waals surface area (Å²) in [5, 5.41) is 0. The molecule has 0 saturated carbocycles. The Kier molecular flexibility index (Phi) is 3.39. The first-order valence-corrected chi connectivity index (χ1v) is 1.95. The van der Waals surface area contributed by atoms with Crippen LogP contribution in [0.25, 0.3) is 0 Å². The zero-order chi connectivity index (χ0) is 6.41. The molecule has 0 fully saturated rings. The average molecular weight is 115 g/mol. The first kappa shape index (κ1) is 6.81. The maximum Gasteiger partial charge on any atom is 0.216 e. The summed E-state index contributed by atoms with van der Waals surface area (Å²) in [5.74, 6) is 0. The number of nitrogens with zero attached hydrogens (tertiary/aromatic N) is 1. The second-order valence-electron chi connectivity index (χ2n) is 1.07. The van der Waals surface area contributed by atoms with Crippen molar-refractivity contribution in [2.45, 2.75) is 0 Å². The average Bonchev–Trinajstić information content (AvgIpc) is 1.83. The van der Waals surface area contributed by atoms with Crippen molar-refractivity contribution < 1.29 is 14.4 Å². The molecule has 8 heavy (non-hydrogen) atoms. The Labute approximate surface area is 46.1 Å². The van der Waals surface area contributed by atoms with Gasteiger partial charge in [-0.15, -0.1) is 0 Å². The number of amides is 2. The molecule has 0 spiro atoms. The second-order valence-corrected chi connectivity index (χ2v) is 1.07. The predicted octanol–water partition coefficient (Wildman–Crippen LogP) is -1.20. The molecule has 4 nitrogen and oxygen atoms in total. The highest BCUT2D eigenvalue weighted by Crippen LogP contribution is 1.67. The highest BCUT2D eigenvalue weighted by atomic mass is 16.2. The molecule has 0 heterocycles. The van der Waals surface area contributed by atoms with E-state index in [1.807, 2.05) is 0 Å². The van der Waals surface area contributed by atoms with Gasteiger partial charge in [0.25, 0.3) is 0 Å². The third-order valence-electron chi connectivity index (χ3n) is 0.556. The lowest BCUT2D eigenvalue weighted by Crippen LogP contribution is -2.21. The van der Waals surface area contributed by atoms with Gasteiger partial charge in [0.15, 0.2) is 0 Å². The topological polar surface area (TPSA) is 54.5 Å². The maximum atomic E-state index is 9.66. The Bertz CT molecular complexity index is 93.5. The Morgan fingerprint density at radius 1 is 1.12 bits per heavy atom. The minimum absolute atomic E-state index is 0.160. The van der Waals surface area contributed by atoms with Crippen LogP contribution in [-0.2, 0) is 14.4 Å². The summed E-state index contributed by atoms with van der Waals surface area (Å²) in [5.41, 5.74) is 0. The predicted molar refractivity (Wildman–Crippen MR) is 24.9 cm³/mol. The van der Waals surface area contributed by atoms with Gasteiger partial charge in [0.2, 0.25) is 12.8 Å². The number of hydrogen-bond donors (Lipinski definition) is 0. The number of aldehydes is 1. The molecule has 2 amide bonds. The van der Waals surface area contributed by atoms with E-state index >= 15 is 0 Å². The van der Waals surface area contributed by atoms with Gasteiger partial charge in [0.05, 0.1) is 6.54 Å². The Morgan fingerprint density at radius 2 is 1.62 bits per heavy atom. The summed E-state index contributed by atoms with van der Waals surface area (Å²) in [6, 6.07) is 0. The van der Waals surface area contributed by atoms with Gasteiger partial charge in [-0.3, -0.25) is 14.5 Å². The van der Waals surface area contributed by atoms with Crippen molar-refractivity contribution in [2.24, 2.45) is 0 Å². The fourth-order valence-electron chi connectivity index (χ4n) is 0.197. The van der Waals surface area contributed by atoms with Gasteiger partial charge in [0, 0.05) is 0 Å². The monoisotopic (exact) mass is 115 g/mol. The zero-order valence-corrected chi connectivity index (χ0v) is 4.11. The van der Waals surface area contributed by atoms with E-state index in [-0.39, 0.29) is 6.54 Å². The van der Waals surface area contributed by atoms with E-state index in [9.17, 15) is 14.4 Å². The van der Waals surface area contributed by atoms with Crippen LogP contribution in [0.4, 0.5) is 0 Å². The number of imide groups is 1. The number of carbonyl (C=O) groups is 3. The number of hydrogen-bond acceptors (Lipinski definition) is 3. The van der Waals surface area contributed by atoms with Crippen LogP contribution < -0.4 is 0 Å². The minimum atomic E-state index is -0.160. The van der Waals surface area contributed by atoms with Crippen LogP contribution in [0.15, 0.2) is 0 Å². The highest BCUT2D eigenvalue weighted by Gasteiger charge is 1.92. The summed E-state index contributed by atoms with van der Waals surface area (Å²) in [7, 11) is 0.